The van der Waals surface area contributed by atoms with Crippen LogP contribution in [0, 0.1) is 11.8 Å². The fourth-order valence-corrected chi connectivity index (χ4v) is 1.54. The third-order valence-electron chi connectivity index (χ3n) is 3.00. The molecule has 0 radical (unpaired) electrons. The molecule has 2 heteroatoms. The summed E-state index contributed by atoms with van der Waals surface area (Å²) in [5.41, 5.74) is 0. The standard InChI is InChI=1S/C11H22N2/c1-10(2)11(3)5-4-7-13-8-6-12-9-13/h9-11H,4-8H2,1-3H3. The summed E-state index contributed by atoms with van der Waals surface area (Å²) < 4.78 is 0. The van der Waals surface area contributed by atoms with Crippen LogP contribution in [0.2, 0.25) is 0 Å². The van der Waals surface area contributed by atoms with E-state index in [1.165, 1.54) is 19.4 Å². The SMILES string of the molecule is CC(C)C(C)CCCN1C=NCC1. The molecule has 1 rings (SSSR count). The van der Waals surface area contributed by atoms with Crippen LogP contribution in [0.3, 0.4) is 0 Å². The molecule has 1 heterocycles. The Bertz CT molecular complexity index is 163. The van der Waals surface area contributed by atoms with E-state index in [2.05, 4.69) is 30.7 Å². The van der Waals surface area contributed by atoms with Crippen LogP contribution in [0.1, 0.15) is 33.6 Å². The van der Waals surface area contributed by atoms with Crippen molar-refractivity contribution in [1.82, 2.24) is 4.90 Å². The molecule has 0 aromatic rings. The molecule has 1 unspecified atom stereocenters. The first-order valence-electron chi connectivity index (χ1n) is 5.44. The summed E-state index contributed by atoms with van der Waals surface area (Å²) in [6, 6.07) is 0. The average molecular weight is 182 g/mol. The molecule has 1 aliphatic heterocycles. The van der Waals surface area contributed by atoms with Gasteiger partial charge in [-0.05, 0) is 24.7 Å². The summed E-state index contributed by atoms with van der Waals surface area (Å²) >= 11 is 0. The van der Waals surface area contributed by atoms with Crippen LogP contribution in [0.15, 0.2) is 4.99 Å². The average Bonchev–Trinajstić information content (AvgIpc) is 2.56. The van der Waals surface area contributed by atoms with Gasteiger partial charge in [-0.3, -0.25) is 4.99 Å². The maximum atomic E-state index is 4.20. The van der Waals surface area contributed by atoms with Crippen LogP contribution >= 0.6 is 0 Å². The zero-order valence-electron chi connectivity index (χ0n) is 9.16. The smallest absolute Gasteiger partial charge is 0.0851 e. The Morgan fingerprint density at radius 2 is 2.15 bits per heavy atom. The molecular formula is C11H22N2. The maximum Gasteiger partial charge on any atom is 0.0851 e. The van der Waals surface area contributed by atoms with Crippen molar-refractivity contribution in [3.05, 3.63) is 0 Å². The number of hydrogen-bond acceptors (Lipinski definition) is 2. The summed E-state index contributed by atoms with van der Waals surface area (Å²) in [5.74, 6) is 1.69. The second kappa shape index (κ2) is 5.25. The van der Waals surface area contributed by atoms with Gasteiger partial charge in [-0.25, -0.2) is 0 Å². The fourth-order valence-electron chi connectivity index (χ4n) is 1.54. The first-order valence-corrected chi connectivity index (χ1v) is 5.44. The minimum Gasteiger partial charge on any atom is -0.361 e. The van der Waals surface area contributed by atoms with E-state index >= 15 is 0 Å². The van der Waals surface area contributed by atoms with Crippen LogP contribution in [0.4, 0.5) is 0 Å². The van der Waals surface area contributed by atoms with Crippen LogP contribution < -0.4 is 0 Å². The Labute approximate surface area is 82.0 Å². The third-order valence-corrected chi connectivity index (χ3v) is 3.00. The zero-order chi connectivity index (χ0) is 9.68. The zero-order valence-corrected chi connectivity index (χ0v) is 9.16. The molecule has 0 amide bonds. The molecule has 1 atom stereocenters. The first kappa shape index (κ1) is 10.6. The van der Waals surface area contributed by atoms with E-state index in [4.69, 9.17) is 0 Å². The molecular weight excluding hydrogens is 160 g/mol. The minimum absolute atomic E-state index is 0.826. The molecule has 0 aromatic heterocycles. The number of nitrogens with zero attached hydrogens (tertiary/aromatic N) is 2. The molecule has 0 aromatic carbocycles. The predicted octanol–water partition coefficient (Wildman–Crippen LogP) is 2.40. The van der Waals surface area contributed by atoms with Crippen LogP contribution in [-0.4, -0.2) is 30.9 Å². The Morgan fingerprint density at radius 3 is 2.69 bits per heavy atom. The lowest BCUT2D eigenvalue weighted by Gasteiger charge is -2.18. The van der Waals surface area contributed by atoms with Crippen molar-refractivity contribution in [2.75, 3.05) is 19.6 Å². The molecule has 2 nitrogen and oxygen atoms in total. The van der Waals surface area contributed by atoms with Gasteiger partial charge >= 0.3 is 0 Å². The first-order chi connectivity index (χ1) is 6.20. The second-order valence-electron chi connectivity index (χ2n) is 4.42. The molecule has 0 N–H and O–H groups in total. The van der Waals surface area contributed by atoms with E-state index in [-0.39, 0.29) is 0 Å². The predicted molar refractivity (Wildman–Crippen MR) is 58.2 cm³/mol. The van der Waals surface area contributed by atoms with Gasteiger partial charge in [-0.2, -0.15) is 0 Å². The molecule has 0 saturated heterocycles. The van der Waals surface area contributed by atoms with E-state index < -0.39 is 0 Å². The molecule has 0 bridgehead atoms. The van der Waals surface area contributed by atoms with Crippen molar-refractivity contribution in [3.8, 4) is 0 Å². The summed E-state index contributed by atoms with van der Waals surface area (Å²) in [7, 11) is 0. The number of hydrogen-bond donors (Lipinski definition) is 0. The molecule has 0 spiro atoms. The van der Waals surface area contributed by atoms with Crippen molar-refractivity contribution in [1.29, 1.82) is 0 Å². The summed E-state index contributed by atoms with van der Waals surface area (Å²) in [5, 5.41) is 0. The number of aliphatic imine (C=N–C) groups is 1. The number of rotatable bonds is 5. The van der Waals surface area contributed by atoms with Gasteiger partial charge in [0.2, 0.25) is 0 Å². The lowest BCUT2D eigenvalue weighted by atomic mass is 9.93. The summed E-state index contributed by atoms with van der Waals surface area (Å²) in [6.07, 6.45) is 4.66. The van der Waals surface area contributed by atoms with E-state index in [1.807, 2.05) is 6.34 Å². The second-order valence-corrected chi connectivity index (χ2v) is 4.42. The van der Waals surface area contributed by atoms with Gasteiger partial charge in [0.15, 0.2) is 0 Å². The monoisotopic (exact) mass is 182 g/mol. The summed E-state index contributed by atoms with van der Waals surface area (Å²) in [6.45, 7) is 10.3. The van der Waals surface area contributed by atoms with Crippen molar-refractivity contribution >= 4 is 6.34 Å². The Morgan fingerprint density at radius 1 is 1.38 bits per heavy atom. The van der Waals surface area contributed by atoms with Crippen molar-refractivity contribution in [2.24, 2.45) is 16.8 Å². The van der Waals surface area contributed by atoms with Crippen molar-refractivity contribution in [2.45, 2.75) is 33.6 Å². The lowest BCUT2D eigenvalue weighted by molar-refractivity contribution is 0.354. The molecule has 76 valence electrons. The van der Waals surface area contributed by atoms with Gasteiger partial charge in [-0.15, -0.1) is 0 Å². The normalized spacial score (nSPS) is 18.6. The Balaban J connectivity index is 2.03. The van der Waals surface area contributed by atoms with Gasteiger partial charge in [0.05, 0.1) is 12.9 Å². The molecule has 13 heavy (non-hydrogen) atoms. The Hall–Kier alpha value is -0.530. The summed E-state index contributed by atoms with van der Waals surface area (Å²) in [4.78, 5) is 6.53. The van der Waals surface area contributed by atoms with Crippen LogP contribution in [0.25, 0.3) is 0 Å². The van der Waals surface area contributed by atoms with Gasteiger partial charge in [0, 0.05) is 13.1 Å². The highest BCUT2D eigenvalue weighted by atomic mass is 15.2. The van der Waals surface area contributed by atoms with E-state index in [1.54, 1.807) is 0 Å². The highest BCUT2D eigenvalue weighted by Gasteiger charge is 2.08. The topological polar surface area (TPSA) is 15.6 Å². The van der Waals surface area contributed by atoms with Crippen LogP contribution in [0.5, 0.6) is 0 Å². The largest absolute Gasteiger partial charge is 0.361 e. The lowest BCUT2D eigenvalue weighted by Crippen LogP contribution is -2.21. The Kier molecular flexibility index (Phi) is 4.26. The fraction of sp³-hybridized carbons (Fsp3) is 0.909. The molecule has 1 aliphatic rings. The van der Waals surface area contributed by atoms with E-state index in [0.29, 0.717) is 0 Å². The third kappa shape index (κ3) is 3.79. The van der Waals surface area contributed by atoms with E-state index in [9.17, 15) is 0 Å². The van der Waals surface area contributed by atoms with Crippen LogP contribution in [-0.2, 0) is 0 Å². The van der Waals surface area contributed by atoms with E-state index in [0.717, 1.165) is 24.9 Å². The molecule has 0 saturated carbocycles. The molecule has 0 fully saturated rings. The van der Waals surface area contributed by atoms with Gasteiger partial charge in [-0.1, -0.05) is 20.8 Å². The highest BCUT2D eigenvalue weighted by molar-refractivity contribution is 5.56. The van der Waals surface area contributed by atoms with Gasteiger partial charge in [0.1, 0.15) is 0 Å². The van der Waals surface area contributed by atoms with Crippen molar-refractivity contribution < 1.29 is 0 Å². The van der Waals surface area contributed by atoms with Gasteiger partial charge in [0.25, 0.3) is 0 Å². The highest BCUT2D eigenvalue weighted by Crippen LogP contribution is 2.16. The molecule has 0 aliphatic carbocycles. The maximum absolute atomic E-state index is 4.20. The van der Waals surface area contributed by atoms with Gasteiger partial charge < -0.3 is 4.90 Å². The minimum atomic E-state index is 0.826. The quantitative estimate of drug-likeness (QED) is 0.637. The van der Waals surface area contributed by atoms with Crippen molar-refractivity contribution in [3.63, 3.8) is 0 Å².